The topological polar surface area (TPSA) is 96.2 Å². The van der Waals surface area contributed by atoms with Crippen LogP contribution < -0.4 is 10.9 Å². The second-order valence-corrected chi connectivity index (χ2v) is 6.39. The van der Waals surface area contributed by atoms with Gasteiger partial charge in [0.1, 0.15) is 11.6 Å². The maximum absolute atomic E-state index is 12.1. The van der Waals surface area contributed by atoms with Crippen molar-refractivity contribution in [2.45, 2.75) is 39.7 Å². The second-order valence-electron chi connectivity index (χ2n) is 6.39. The molecule has 0 aromatic carbocycles. The van der Waals surface area contributed by atoms with Crippen molar-refractivity contribution in [1.82, 2.24) is 15.4 Å². The molecule has 1 aromatic rings. The minimum Gasteiger partial charge on any atom is -0.383 e. The normalized spacial score (nSPS) is 15.4. The van der Waals surface area contributed by atoms with E-state index in [1.54, 1.807) is 7.11 Å². The molecule has 0 bridgehead atoms. The Bertz CT molecular complexity index is 738. The van der Waals surface area contributed by atoms with Gasteiger partial charge in [0.15, 0.2) is 0 Å². The van der Waals surface area contributed by atoms with Gasteiger partial charge in [0.05, 0.1) is 12.6 Å². The summed E-state index contributed by atoms with van der Waals surface area (Å²) in [6.45, 7) is 6.52. The van der Waals surface area contributed by atoms with Gasteiger partial charge in [-0.2, -0.15) is 5.26 Å². The molecular weight excluding hydrogens is 320 g/mol. The third kappa shape index (κ3) is 4.48. The number of hydrogen-bond donors (Lipinski definition) is 2. The molecule has 2 amide bonds. The molecule has 2 rings (SSSR count). The van der Waals surface area contributed by atoms with Gasteiger partial charge in [-0.25, -0.2) is 0 Å². The fraction of sp³-hybridized carbons (Fsp3) is 0.500. The Morgan fingerprint density at radius 1 is 1.44 bits per heavy atom. The van der Waals surface area contributed by atoms with Gasteiger partial charge in [-0.15, -0.1) is 0 Å². The molecule has 134 valence electrons. The summed E-state index contributed by atoms with van der Waals surface area (Å²) in [5.74, 6) is -0.848. The van der Waals surface area contributed by atoms with Crippen molar-refractivity contribution >= 4 is 17.9 Å². The van der Waals surface area contributed by atoms with E-state index in [0.717, 1.165) is 29.8 Å². The molecule has 1 aliphatic rings. The minimum absolute atomic E-state index is 0.0176. The van der Waals surface area contributed by atoms with Crippen LogP contribution in [0.1, 0.15) is 42.8 Å². The first-order valence-electron chi connectivity index (χ1n) is 8.28. The summed E-state index contributed by atoms with van der Waals surface area (Å²) in [5.41, 5.74) is 7.36. The highest BCUT2D eigenvalue weighted by molar-refractivity contribution is 6.02. The maximum atomic E-state index is 12.1. The maximum Gasteiger partial charge on any atom is 0.280 e. The summed E-state index contributed by atoms with van der Waals surface area (Å²) in [5, 5.41) is 9.29. The van der Waals surface area contributed by atoms with E-state index in [9.17, 15) is 14.9 Å². The van der Waals surface area contributed by atoms with E-state index < -0.39 is 5.91 Å². The zero-order chi connectivity index (χ0) is 18.6. The van der Waals surface area contributed by atoms with E-state index >= 15 is 0 Å². The summed E-state index contributed by atoms with van der Waals surface area (Å²) in [7, 11) is 1.65. The molecule has 0 aliphatic heterocycles. The number of aryl methyl sites for hydroxylation is 1. The van der Waals surface area contributed by atoms with Gasteiger partial charge in [-0.3, -0.25) is 20.4 Å². The molecule has 0 radical (unpaired) electrons. The van der Waals surface area contributed by atoms with E-state index in [1.807, 2.05) is 32.9 Å². The van der Waals surface area contributed by atoms with Crippen LogP contribution in [0.2, 0.25) is 0 Å². The molecule has 1 saturated carbocycles. The van der Waals surface area contributed by atoms with Crippen molar-refractivity contribution in [1.29, 1.82) is 5.26 Å². The van der Waals surface area contributed by atoms with Crippen LogP contribution in [-0.2, 0) is 14.3 Å². The van der Waals surface area contributed by atoms with E-state index in [2.05, 4.69) is 15.4 Å². The fourth-order valence-electron chi connectivity index (χ4n) is 2.88. The third-order valence-electron chi connectivity index (χ3n) is 4.28. The van der Waals surface area contributed by atoms with Crippen molar-refractivity contribution in [3.05, 3.63) is 28.6 Å². The highest BCUT2D eigenvalue weighted by atomic mass is 16.5. The fourth-order valence-corrected chi connectivity index (χ4v) is 2.88. The summed E-state index contributed by atoms with van der Waals surface area (Å²) in [6, 6.07) is 3.96. The first-order valence-corrected chi connectivity index (χ1v) is 8.28. The largest absolute Gasteiger partial charge is 0.383 e. The van der Waals surface area contributed by atoms with Crippen LogP contribution in [0, 0.1) is 31.1 Å². The van der Waals surface area contributed by atoms with E-state index in [0.29, 0.717) is 6.61 Å². The van der Waals surface area contributed by atoms with E-state index in [1.165, 1.54) is 6.08 Å². The molecule has 1 unspecified atom stereocenters. The number of carbonyl (C=O) groups excluding carboxylic acids is 2. The second kappa shape index (κ2) is 7.99. The Morgan fingerprint density at radius 3 is 2.68 bits per heavy atom. The number of aromatic nitrogens is 1. The Kier molecular flexibility index (Phi) is 5.99. The molecule has 25 heavy (non-hydrogen) atoms. The Balaban J connectivity index is 2.15. The van der Waals surface area contributed by atoms with Crippen LogP contribution in [0.15, 0.2) is 11.6 Å². The predicted octanol–water partition coefficient (Wildman–Crippen LogP) is 1.78. The van der Waals surface area contributed by atoms with Crippen LogP contribution in [-0.4, -0.2) is 30.1 Å². The quantitative estimate of drug-likeness (QED) is 0.467. The first kappa shape index (κ1) is 18.7. The summed E-state index contributed by atoms with van der Waals surface area (Å²) in [4.78, 5) is 23.7. The lowest BCUT2D eigenvalue weighted by atomic mass is 10.1. The monoisotopic (exact) mass is 344 g/mol. The van der Waals surface area contributed by atoms with Crippen molar-refractivity contribution in [2.24, 2.45) is 5.92 Å². The Labute approximate surface area is 147 Å². The zero-order valence-corrected chi connectivity index (χ0v) is 15.0. The van der Waals surface area contributed by atoms with Crippen LogP contribution in [0.3, 0.4) is 0 Å². The van der Waals surface area contributed by atoms with Gasteiger partial charge in [0.2, 0.25) is 5.91 Å². The van der Waals surface area contributed by atoms with Gasteiger partial charge < -0.3 is 9.30 Å². The summed E-state index contributed by atoms with van der Waals surface area (Å²) < 4.78 is 7.31. The number of rotatable bonds is 6. The number of ether oxygens (including phenoxy) is 1. The molecule has 1 aromatic heterocycles. The van der Waals surface area contributed by atoms with E-state index in [4.69, 9.17) is 4.74 Å². The smallest absolute Gasteiger partial charge is 0.280 e. The van der Waals surface area contributed by atoms with Crippen molar-refractivity contribution < 1.29 is 14.3 Å². The minimum atomic E-state index is -0.619. The number of hydrazine groups is 1. The van der Waals surface area contributed by atoms with Gasteiger partial charge in [0, 0.05) is 24.4 Å². The summed E-state index contributed by atoms with van der Waals surface area (Å²) >= 11 is 0. The lowest BCUT2D eigenvalue weighted by Crippen LogP contribution is -2.42. The van der Waals surface area contributed by atoms with E-state index in [-0.39, 0.29) is 23.4 Å². The lowest BCUT2D eigenvalue weighted by Gasteiger charge is -2.17. The average molecular weight is 344 g/mol. The molecule has 0 spiro atoms. The third-order valence-corrected chi connectivity index (χ3v) is 4.28. The van der Waals surface area contributed by atoms with Crippen molar-refractivity contribution in [3.8, 4) is 6.07 Å². The number of nitrogens with zero attached hydrogens (tertiary/aromatic N) is 2. The predicted molar refractivity (Wildman–Crippen MR) is 93.1 cm³/mol. The van der Waals surface area contributed by atoms with Crippen LogP contribution >= 0.6 is 0 Å². The van der Waals surface area contributed by atoms with Gasteiger partial charge in [-0.05, 0) is 51.3 Å². The Morgan fingerprint density at radius 2 is 2.12 bits per heavy atom. The number of carbonyl (C=O) groups is 2. The van der Waals surface area contributed by atoms with Crippen LogP contribution in [0.5, 0.6) is 0 Å². The first-order chi connectivity index (χ1) is 11.9. The highest BCUT2D eigenvalue weighted by Crippen LogP contribution is 2.28. The number of nitriles is 1. The lowest BCUT2D eigenvalue weighted by molar-refractivity contribution is -0.127. The molecule has 1 fully saturated rings. The zero-order valence-electron chi connectivity index (χ0n) is 15.0. The molecular formula is C18H24N4O3. The summed E-state index contributed by atoms with van der Waals surface area (Å²) in [6.07, 6.45) is 3.22. The van der Waals surface area contributed by atoms with Crippen LogP contribution in [0.25, 0.3) is 6.08 Å². The molecule has 1 aliphatic carbocycles. The number of methoxy groups -OCH3 is 1. The van der Waals surface area contributed by atoms with Crippen molar-refractivity contribution in [2.75, 3.05) is 13.7 Å². The molecule has 2 N–H and O–H groups in total. The van der Waals surface area contributed by atoms with Crippen molar-refractivity contribution in [3.63, 3.8) is 0 Å². The van der Waals surface area contributed by atoms with Gasteiger partial charge in [0.25, 0.3) is 5.91 Å². The molecule has 7 heteroatoms. The highest BCUT2D eigenvalue weighted by Gasteiger charge is 2.30. The Hall–Kier alpha value is -2.59. The average Bonchev–Trinajstić information content (AvgIpc) is 3.37. The standard InChI is InChI=1S/C18H24N4O3/c1-11-7-15(13(3)22(11)12(2)10-25-4)8-16(9-19)18(24)21-20-17(23)14-5-6-14/h7-8,12,14H,5-6,10H2,1-4H3,(H,20,23)(H,21,24). The number of amides is 2. The number of hydrogen-bond acceptors (Lipinski definition) is 4. The molecule has 1 atom stereocenters. The molecule has 7 nitrogen and oxygen atoms in total. The number of nitrogens with one attached hydrogen (secondary N) is 2. The van der Waals surface area contributed by atoms with Gasteiger partial charge >= 0.3 is 0 Å². The molecule has 0 saturated heterocycles. The SMILES string of the molecule is COCC(C)n1c(C)cc(C=C(C#N)C(=O)NNC(=O)C2CC2)c1C. The molecule has 1 heterocycles. The van der Waals surface area contributed by atoms with Crippen LogP contribution in [0.4, 0.5) is 0 Å². The van der Waals surface area contributed by atoms with Gasteiger partial charge in [-0.1, -0.05) is 0 Å².